The summed E-state index contributed by atoms with van der Waals surface area (Å²) in [6, 6.07) is 5.63. The van der Waals surface area contributed by atoms with Crippen molar-refractivity contribution in [1.29, 1.82) is 0 Å². The molecule has 0 aromatic heterocycles. The van der Waals surface area contributed by atoms with E-state index in [-0.39, 0.29) is 6.61 Å². The lowest BCUT2D eigenvalue weighted by molar-refractivity contribution is 0.191. The van der Waals surface area contributed by atoms with Crippen molar-refractivity contribution in [3.8, 4) is 5.75 Å². The molecule has 0 heterocycles. The molecule has 15 heavy (non-hydrogen) atoms. The number of hydrogen-bond acceptors (Lipinski definition) is 4. The highest BCUT2D eigenvalue weighted by atomic mass is 32.2. The zero-order valence-corrected chi connectivity index (χ0v) is 9.75. The smallest absolute Gasteiger partial charge is 0.125 e. The number of ether oxygens (including phenoxy) is 1. The van der Waals surface area contributed by atoms with Gasteiger partial charge in [0.1, 0.15) is 5.75 Å². The summed E-state index contributed by atoms with van der Waals surface area (Å²) in [6.07, 6.45) is -0.567. The van der Waals surface area contributed by atoms with E-state index in [1.165, 1.54) is 11.8 Å². The first-order valence-corrected chi connectivity index (χ1v) is 5.78. The van der Waals surface area contributed by atoms with Crippen molar-refractivity contribution in [2.24, 2.45) is 0 Å². The fraction of sp³-hybridized carbons (Fsp3) is 0.455. The zero-order chi connectivity index (χ0) is 11.3. The second-order valence-corrected chi connectivity index (χ2v) is 4.26. The molecule has 0 aliphatic heterocycles. The first-order chi connectivity index (χ1) is 7.20. The molecule has 1 unspecified atom stereocenters. The van der Waals surface area contributed by atoms with Crippen LogP contribution >= 0.6 is 11.8 Å². The minimum absolute atomic E-state index is 0.126. The molecule has 0 saturated heterocycles. The molecule has 1 aromatic rings. The van der Waals surface area contributed by atoms with Gasteiger partial charge in [-0.05, 0) is 19.1 Å². The van der Waals surface area contributed by atoms with Gasteiger partial charge in [0.05, 0.1) is 19.8 Å². The standard InChI is InChI=1S/C11H16O3S/c1-8(13)11-9(14-2)4-3-5-10(11)15-7-6-12/h3-5,8,12-13H,6-7H2,1-2H3. The van der Waals surface area contributed by atoms with Crippen molar-refractivity contribution in [3.05, 3.63) is 23.8 Å². The molecule has 84 valence electrons. The monoisotopic (exact) mass is 228 g/mol. The third kappa shape index (κ3) is 3.12. The number of hydrogen-bond donors (Lipinski definition) is 2. The first kappa shape index (κ1) is 12.4. The minimum Gasteiger partial charge on any atom is -0.496 e. The van der Waals surface area contributed by atoms with E-state index in [1.807, 2.05) is 18.2 Å². The quantitative estimate of drug-likeness (QED) is 0.755. The van der Waals surface area contributed by atoms with E-state index >= 15 is 0 Å². The molecule has 0 aliphatic rings. The Morgan fingerprint density at radius 2 is 2.20 bits per heavy atom. The summed E-state index contributed by atoms with van der Waals surface area (Å²) in [5.74, 6) is 1.31. The van der Waals surface area contributed by atoms with Crippen LogP contribution in [0.25, 0.3) is 0 Å². The molecule has 4 heteroatoms. The lowest BCUT2D eigenvalue weighted by atomic mass is 10.1. The molecule has 0 aliphatic carbocycles. The fourth-order valence-electron chi connectivity index (χ4n) is 1.40. The summed E-state index contributed by atoms with van der Waals surface area (Å²) in [7, 11) is 1.59. The second kappa shape index (κ2) is 6.00. The van der Waals surface area contributed by atoms with Crippen LogP contribution in [0.1, 0.15) is 18.6 Å². The maximum atomic E-state index is 9.66. The van der Waals surface area contributed by atoms with E-state index in [0.29, 0.717) is 11.5 Å². The molecular weight excluding hydrogens is 212 g/mol. The first-order valence-electron chi connectivity index (χ1n) is 4.79. The van der Waals surface area contributed by atoms with Crippen LogP contribution in [0, 0.1) is 0 Å². The number of rotatable bonds is 5. The maximum Gasteiger partial charge on any atom is 0.125 e. The van der Waals surface area contributed by atoms with Crippen molar-refractivity contribution in [1.82, 2.24) is 0 Å². The number of methoxy groups -OCH3 is 1. The Hall–Kier alpha value is -0.710. The van der Waals surface area contributed by atoms with Crippen LogP contribution in [-0.2, 0) is 0 Å². The van der Waals surface area contributed by atoms with Crippen molar-refractivity contribution in [2.75, 3.05) is 19.5 Å². The van der Waals surface area contributed by atoms with Gasteiger partial charge in [0, 0.05) is 16.2 Å². The minimum atomic E-state index is -0.567. The molecule has 0 fully saturated rings. The van der Waals surface area contributed by atoms with Gasteiger partial charge >= 0.3 is 0 Å². The van der Waals surface area contributed by atoms with E-state index in [1.54, 1.807) is 14.0 Å². The molecule has 1 atom stereocenters. The average molecular weight is 228 g/mol. The van der Waals surface area contributed by atoms with Gasteiger partial charge in [0.25, 0.3) is 0 Å². The van der Waals surface area contributed by atoms with Crippen LogP contribution in [0.15, 0.2) is 23.1 Å². The van der Waals surface area contributed by atoms with Crippen LogP contribution in [0.2, 0.25) is 0 Å². The molecule has 0 radical (unpaired) electrons. The molecule has 1 aromatic carbocycles. The van der Waals surface area contributed by atoms with Crippen molar-refractivity contribution >= 4 is 11.8 Å². The SMILES string of the molecule is COc1cccc(SCCO)c1C(C)O. The summed E-state index contributed by atoms with van der Waals surface area (Å²) in [5.41, 5.74) is 0.790. The zero-order valence-electron chi connectivity index (χ0n) is 8.93. The van der Waals surface area contributed by atoms with E-state index in [9.17, 15) is 5.11 Å². The predicted molar refractivity (Wildman–Crippen MR) is 61.4 cm³/mol. The van der Waals surface area contributed by atoms with Crippen LogP contribution in [0.4, 0.5) is 0 Å². The van der Waals surface area contributed by atoms with Crippen molar-refractivity contribution in [3.63, 3.8) is 0 Å². The fourth-order valence-corrected chi connectivity index (χ4v) is 2.31. The molecule has 3 nitrogen and oxygen atoms in total. The largest absolute Gasteiger partial charge is 0.496 e. The molecular formula is C11H16O3S. The van der Waals surface area contributed by atoms with Crippen LogP contribution in [0.5, 0.6) is 5.75 Å². The van der Waals surface area contributed by atoms with Gasteiger partial charge in [-0.1, -0.05) is 6.07 Å². The highest BCUT2D eigenvalue weighted by molar-refractivity contribution is 7.99. The summed E-state index contributed by atoms with van der Waals surface area (Å²) in [4.78, 5) is 0.957. The second-order valence-electron chi connectivity index (χ2n) is 3.12. The van der Waals surface area contributed by atoms with Crippen molar-refractivity contribution < 1.29 is 14.9 Å². The van der Waals surface area contributed by atoms with E-state index in [0.717, 1.165) is 10.5 Å². The number of aliphatic hydroxyl groups excluding tert-OH is 2. The van der Waals surface area contributed by atoms with Gasteiger partial charge in [0.15, 0.2) is 0 Å². The van der Waals surface area contributed by atoms with Gasteiger partial charge in [-0.15, -0.1) is 11.8 Å². The van der Waals surface area contributed by atoms with Gasteiger partial charge < -0.3 is 14.9 Å². The van der Waals surface area contributed by atoms with Crippen LogP contribution < -0.4 is 4.74 Å². The summed E-state index contributed by atoms with van der Waals surface area (Å²) in [6.45, 7) is 1.84. The Labute approximate surface area is 94.1 Å². The lowest BCUT2D eigenvalue weighted by Gasteiger charge is -2.15. The number of aliphatic hydroxyl groups is 2. The molecule has 1 rings (SSSR count). The Morgan fingerprint density at radius 1 is 1.47 bits per heavy atom. The highest BCUT2D eigenvalue weighted by Gasteiger charge is 2.13. The van der Waals surface area contributed by atoms with Crippen LogP contribution in [0.3, 0.4) is 0 Å². The third-order valence-corrected chi connectivity index (χ3v) is 3.07. The topological polar surface area (TPSA) is 49.7 Å². The lowest BCUT2D eigenvalue weighted by Crippen LogP contribution is -1.99. The predicted octanol–water partition coefficient (Wildman–Crippen LogP) is 1.83. The van der Waals surface area contributed by atoms with Gasteiger partial charge in [0.2, 0.25) is 0 Å². The van der Waals surface area contributed by atoms with Crippen molar-refractivity contribution in [2.45, 2.75) is 17.9 Å². The molecule has 0 bridgehead atoms. The summed E-state index contributed by atoms with van der Waals surface area (Å²) < 4.78 is 5.19. The van der Waals surface area contributed by atoms with Gasteiger partial charge in [-0.3, -0.25) is 0 Å². The normalized spacial score (nSPS) is 12.5. The average Bonchev–Trinajstić information content (AvgIpc) is 2.25. The summed E-state index contributed by atoms with van der Waals surface area (Å²) >= 11 is 1.51. The van der Waals surface area contributed by atoms with E-state index in [2.05, 4.69) is 0 Å². The van der Waals surface area contributed by atoms with Gasteiger partial charge in [-0.25, -0.2) is 0 Å². The van der Waals surface area contributed by atoms with Gasteiger partial charge in [-0.2, -0.15) is 0 Å². The highest BCUT2D eigenvalue weighted by Crippen LogP contribution is 2.34. The third-order valence-electron chi connectivity index (χ3n) is 2.01. The number of benzene rings is 1. The Morgan fingerprint density at radius 3 is 2.73 bits per heavy atom. The Balaban J connectivity index is 3.02. The maximum absolute atomic E-state index is 9.66. The summed E-state index contributed by atoms with van der Waals surface area (Å²) in [5, 5.41) is 18.4. The molecule has 0 amide bonds. The Kier molecular flexibility index (Phi) is 4.94. The Bertz CT molecular complexity index is 313. The molecule has 0 spiro atoms. The molecule has 2 N–H and O–H groups in total. The van der Waals surface area contributed by atoms with E-state index < -0.39 is 6.10 Å². The van der Waals surface area contributed by atoms with Crippen LogP contribution in [-0.4, -0.2) is 29.7 Å². The molecule has 0 saturated carbocycles. The van der Waals surface area contributed by atoms with E-state index in [4.69, 9.17) is 9.84 Å². The number of thioether (sulfide) groups is 1.